The van der Waals surface area contributed by atoms with E-state index in [0.29, 0.717) is 17.8 Å². The van der Waals surface area contributed by atoms with Gasteiger partial charge in [0.1, 0.15) is 0 Å². The summed E-state index contributed by atoms with van der Waals surface area (Å²) in [6.45, 7) is 6.89. The van der Waals surface area contributed by atoms with Crippen LogP contribution in [0.3, 0.4) is 0 Å². The second-order valence-electron chi connectivity index (χ2n) is 5.15. The summed E-state index contributed by atoms with van der Waals surface area (Å²) in [5.74, 6) is 1.73. The third-order valence-electron chi connectivity index (χ3n) is 3.00. The molecule has 0 unspecified atom stereocenters. The number of benzene rings is 1. The number of hydrogen-bond donors (Lipinski definition) is 2. The maximum Gasteiger partial charge on any atom is 0.233 e. The topological polar surface area (TPSA) is 66.0 Å². The molecule has 0 aliphatic heterocycles. The van der Waals surface area contributed by atoms with Crippen molar-refractivity contribution >= 4 is 23.5 Å². The van der Waals surface area contributed by atoms with E-state index >= 15 is 0 Å². The fourth-order valence-corrected chi connectivity index (χ4v) is 1.85. The Bertz CT molecular complexity index is 624. The Kier molecular flexibility index (Phi) is 4.57. The number of nitrogens with one attached hydrogen (secondary N) is 2. The van der Waals surface area contributed by atoms with Crippen molar-refractivity contribution in [1.29, 1.82) is 0 Å². The molecule has 0 amide bonds. The molecule has 6 heteroatoms. The molecule has 0 bridgehead atoms. The second kappa shape index (κ2) is 6.39. The van der Waals surface area contributed by atoms with Gasteiger partial charge in [-0.3, -0.25) is 0 Å². The highest BCUT2D eigenvalue weighted by molar-refractivity contribution is 5.60. The van der Waals surface area contributed by atoms with Crippen LogP contribution in [0.15, 0.2) is 18.2 Å². The van der Waals surface area contributed by atoms with Crippen molar-refractivity contribution in [3.63, 3.8) is 0 Å². The molecule has 0 radical (unpaired) electrons. The Labute approximate surface area is 125 Å². The van der Waals surface area contributed by atoms with E-state index in [2.05, 4.69) is 57.6 Å². The lowest BCUT2D eigenvalue weighted by molar-refractivity contribution is 0.953. The molecule has 21 heavy (non-hydrogen) atoms. The van der Waals surface area contributed by atoms with E-state index in [1.807, 2.05) is 25.9 Å². The first-order valence-electron chi connectivity index (χ1n) is 7.01. The van der Waals surface area contributed by atoms with Gasteiger partial charge in [0, 0.05) is 26.3 Å². The van der Waals surface area contributed by atoms with E-state index in [1.54, 1.807) is 0 Å². The van der Waals surface area contributed by atoms with Gasteiger partial charge in [-0.05, 0) is 38.0 Å². The Morgan fingerprint density at radius 1 is 1.05 bits per heavy atom. The molecule has 1 heterocycles. The van der Waals surface area contributed by atoms with Crippen molar-refractivity contribution in [2.45, 2.75) is 20.8 Å². The molecule has 2 aromatic rings. The van der Waals surface area contributed by atoms with Gasteiger partial charge in [0.25, 0.3) is 0 Å². The fourth-order valence-electron chi connectivity index (χ4n) is 1.85. The van der Waals surface area contributed by atoms with Gasteiger partial charge in [-0.1, -0.05) is 12.1 Å². The zero-order chi connectivity index (χ0) is 15.4. The fraction of sp³-hybridized carbons (Fsp3) is 0.400. The van der Waals surface area contributed by atoms with Gasteiger partial charge < -0.3 is 15.5 Å². The molecule has 1 aromatic heterocycles. The van der Waals surface area contributed by atoms with Gasteiger partial charge in [-0.25, -0.2) is 0 Å². The highest BCUT2D eigenvalue weighted by atomic mass is 15.3. The van der Waals surface area contributed by atoms with E-state index < -0.39 is 0 Å². The zero-order valence-electron chi connectivity index (χ0n) is 13.2. The van der Waals surface area contributed by atoms with Crippen LogP contribution in [0.1, 0.15) is 18.1 Å². The van der Waals surface area contributed by atoms with Crippen LogP contribution >= 0.6 is 0 Å². The molecule has 0 saturated heterocycles. The Hall–Kier alpha value is -2.37. The number of aromatic nitrogens is 3. The number of aryl methyl sites for hydroxylation is 2. The van der Waals surface area contributed by atoms with Crippen molar-refractivity contribution in [3.8, 4) is 0 Å². The minimum atomic E-state index is 0.540. The molecule has 0 aliphatic rings. The van der Waals surface area contributed by atoms with E-state index in [0.717, 1.165) is 17.8 Å². The minimum absolute atomic E-state index is 0.540. The quantitative estimate of drug-likeness (QED) is 0.881. The van der Waals surface area contributed by atoms with Gasteiger partial charge >= 0.3 is 0 Å². The summed E-state index contributed by atoms with van der Waals surface area (Å²) in [6.07, 6.45) is 0. The standard InChI is InChI=1S/C15H22N6/c1-6-16-13-18-14(20-15(19-13)21(4)5)17-12-9-10(2)7-8-11(12)3/h7-9H,6H2,1-5H3,(H2,16,17,18,19,20). The Morgan fingerprint density at radius 2 is 1.76 bits per heavy atom. The molecule has 0 aliphatic carbocycles. The van der Waals surface area contributed by atoms with Crippen molar-refractivity contribution < 1.29 is 0 Å². The number of anilines is 4. The Balaban J connectivity index is 2.36. The molecule has 112 valence electrons. The summed E-state index contributed by atoms with van der Waals surface area (Å²) >= 11 is 0. The van der Waals surface area contributed by atoms with E-state index in [-0.39, 0.29) is 0 Å². The van der Waals surface area contributed by atoms with Gasteiger partial charge in [0.15, 0.2) is 0 Å². The van der Waals surface area contributed by atoms with Crippen LogP contribution < -0.4 is 15.5 Å². The smallest absolute Gasteiger partial charge is 0.233 e. The van der Waals surface area contributed by atoms with Crippen LogP contribution in [-0.4, -0.2) is 35.6 Å². The molecule has 0 spiro atoms. The van der Waals surface area contributed by atoms with Crippen LogP contribution in [0, 0.1) is 13.8 Å². The predicted molar refractivity (Wildman–Crippen MR) is 87.5 cm³/mol. The second-order valence-corrected chi connectivity index (χ2v) is 5.15. The largest absolute Gasteiger partial charge is 0.354 e. The molecular formula is C15H22N6. The average Bonchev–Trinajstić information content (AvgIpc) is 2.43. The lowest BCUT2D eigenvalue weighted by atomic mass is 10.1. The first kappa shape index (κ1) is 15.0. The van der Waals surface area contributed by atoms with Gasteiger partial charge in [0.05, 0.1) is 0 Å². The molecule has 2 N–H and O–H groups in total. The summed E-state index contributed by atoms with van der Waals surface area (Å²) in [4.78, 5) is 15.0. The van der Waals surface area contributed by atoms with Crippen LogP contribution in [0.5, 0.6) is 0 Å². The number of hydrogen-bond acceptors (Lipinski definition) is 6. The molecule has 1 aromatic carbocycles. The lowest BCUT2D eigenvalue weighted by Gasteiger charge is -2.14. The van der Waals surface area contributed by atoms with Gasteiger partial charge in [-0.2, -0.15) is 15.0 Å². The van der Waals surface area contributed by atoms with E-state index in [1.165, 1.54) is 5.56 Å². The van der Waals surface area contributed by atoms with Crippen LogP contribution in [-0.2, 0) is 0 Å². The summed E-state index contributed by atoms with van der Waals surface area (Å²) in [5.41, 5.74) is 3.35. The number of nitrogens with zero attached hydrogens (tertiary/aromatic N) is 4. The minimum Gasteiger partial charge on any atom is -0.354 e. The van der Waals surface area contributed by atoms with Crippen LogP contribution in [0.4, 0.5) is 23.5 Å². The van der Waals surface area contributed by atoms with Crippen molar-refractivity contribution in [2.75, 3.05) is 36.2 Å². The van der Waals surface area contributed by atoms with Crippen LogP contribution in [0.2, 0.25) is 0 Å². The molecule has 0 fully saturated rings. The SMILES string of the molecule is CCNc1nc(Nc2cc(C)ccc2C)nc(N(C)C)n1. The molecular weight excluding hydrogens is 264 g/mol. The lowest BCUT2D eigenvalue weighted by Crippen LogP contribution is -2.16. The third kappa shape index (κ3) is 3.81. The Morgan fingerprint density at radius 3 is 2.43 bits per heavy atom. The van der Waals surface area contributed by atoms with E-state index in [9.17, 15) is 0 Å². The van der Waals surface area contributed by atoms with Crippen molar-refractivity contribution in [3.05, 3.63) is 29.3 Å². The molecule has 2 rings (SSSR count). The summed E-state index contributed by atoms with van der Waals surface area (Å²) in [7, 11) is 3.82. The highest BCUT2D eigenvalue weighted by Gasteiger charge is 2.09. The molecule has 0 atom stereocenters. The van der Waals surface area contributed by atoms with Crippen molar-refractivity contribution in [1.82, 2.24) is 15.0 Å². The summed E-state index contributed by atoms with van der Waals surface area (Å²) in [5, 5.41) is 6.40. The number of rotatable bonds is 5. The zero-order valence-corrected chi connectivity index (χ0v) is 13.2. The maximum absolute atomic E-state index is 4.43. The first-order valence-corrected chi connectivity index (χ1v) is 7.01. The highest BCUT2D eigenvalue weighted by Crippen LogP contribution is 2.21. The summed E-state index contributed by atoms with van der Waals surface area (Å²) < 4.78 is 0. The first-order chi connectivity index (χ1) is 9.99. The van der Waals surface area contributed by atoms with Crippen LogP contribution in [0.25, 0.3) is 0 Å². The van der Waals surface area contributed by atoms with E-state index in [4.69, 9.17) is 0 Å². The third-order valence-corrected chi connectivity index (χ3v) is 3.00. The monoisotopic (exact) mass is 286 g/mol. The van der Waals surface area contributed by atoms with Crippen molar-refractivity contribution in [2.24, 2.45) is 0 Å². The maximum atomic E-state index is 4.43. The van der Waals surface area contributed by atoms with Gasteiger partial charge in [-0.15, -0.1) is 0 Å². The van der Waals surface area contributed by atoms with Gasteiger partial charge in [0.2, 0.25) is 17.8 Å². The normalized spacial score (nSPS) is 10.3. The molecule has 6 nitrogen and oxygen atoms in total. The summed E-state index contributed by atoms with van der Waals surface area (Å²) in [6, 6.07) is 6.25. The molecule has 0 saturated carbocycles. The predicted octanol–water partition coefficient (Wildman–Crippen LogP) is 2.73. The average molecular weight is 286 g/mol.